The van der Waals surface area contributed by atoms with Crippen LogP contribution in [0.2, 0.25) is 0 Å². The predicted molar refractivity (Wildman–Crippen MR) is 64.9 cm³/mol. The van der Waals surface area contributed by atoms with Crippen LogP contribution in [0.1, 0.15) is 5.56 Å². The number of benzene rings is 1. The monoisotopic (exact) mass is 256 g/mol. The Bertz CT molecular complexity index is 522. The second-order valence-corrected chi connectivity index (χ2v) is 6.30. The van der Waals surface area contributed by atoms with E-state index in [1.54, 1.807) is 19.1 Å². The molecule has 1 aromatic carbocycles. The Labute approximate surface area is 101 Å². The number of nitrogens with two attached hydrogens (primary N) is 1. The fourth-order valence-corrected chi connectivity index (χ4v) is 3.73. The Morgan fingerprint density at radius 1 is 1.47 bits per heavy atom. The van der Waals surface area contributed by atoms with Crippen LogP contribution in [-0.4, -0.2) is 37.5 Å². The number of anilines is 1. The first-order valence-electron chi connectivity index (χ1n) is 5.42. The van der Waals surface area contributed by atoms with E-state index in [-0.39, 0.29) is 12.5 Å². The fraction of sp³-hybridized carbons (Fsp3) is 0.455. The molecule has 1 saturated heterocycles. The third-order valence-corrected chi connectivity index (χ3v) is 4.99. The minimum atomic E-state index is -3.43. The van der Waals surface area contributed by atoms with E-state index < -0.39 is 10.0 Å². The molecule has 1 aliphatic rings. The van der Waals surface area contributed by atoms with Crippen LogP contribution in [0.5, 0.6) is 0 Å². The van der Waals surface area contributed by atoms with Gasteiger partial charge in [0.05, 0.1) is 4.90 Å². The summed E-state index contributed by atoms with van der Waals surface area (Å²) in [5.74, 6) is 0.0684. The quantitative estimate of drug-likeness (QED) is 0.756. The summed E-state index contributed by atoms with van der Waals surface area (Å²) in [6.07, 6.45) is 0. The normalized spacial score (nSPS) is 18.0. The minimum absolute atomic E-state index is 0.0345. The van der Waals surface area contributed by atoms with Crippen molar-refractivity contribution in [3.63, 3.8) is 0 Å². The first kappa shape index (κ1) is 12.3. The summed E-state index contributed by atoms with van der Waals surface area (Å²) in [5, 5.41) is 8.89. The van der Waals surface area contributed by atoms with Crippen molar-refractivity contribution in [3.05, 3.63) is 23.8 Å². The van der Waals surface area contributed by atoms with Crippen LogP contribution in [0, 0.1) is 12.8 Å². The number of sulfonamides is 1. The van der Waals surface area contributed by atoms with Gasteiger partial charge in [0.25, 0.3) is 0 Å². The SMILES string of the molecule is Cc1cc(N)ccc1S(=O)(=O)N1CC(CO)C1. The van der Waals surface area contributed by atoms with Gasteiger partial charge in [0.1, 0.15) is 0 Å². The van der Waals surface area contributed by atoms with Gasteiger partial charge in [-0.3, -0.25) is 0 Å². The molecule has 0 aliphatic carbocycles. The topological polar surface area (TPSA) is 83.6 Å². The average Bonchev–Trinajstić information content (AvgIpc) is 2.14. The van der Waals surface area contributed by atoms with Crippen molar-refractivity contribution in [3.8, 4) is 0 Å². The Morgan fingerprint density at radius 2 is 2.12 bits per heavy atom. The van der Waals surface area contributed by atoms with Crippen molar-refractivity contribution >= 4 is 15.7 Å². The maximum Gasteiger partial charge on any atom is 0.243 e. The zero-order valence-corrected chi connectivity index (χ0v) is 10.4. The second kappa shape index (κ2) is 4.29. The zero-order chi connectivity index (χ0) is 12.6. The summed E-state index contributed by atoms with van der Waals surface area (Å²) >= 11 is 0. The van der Waals surface area contributed by atoms with E-state index in [0.717, 1.165) is 0 Å². The number of hydrogen-bond acceptors (Lipinski definition) is 4. The molecule has 1 heterocycles. The first-order chi connectivity index (χ1) is 7.95. The lowest BCUT2D eigenvalue weighted by Crippen LogP contribution is -2.51. The molecule has 0 radical (unpaired) electrons. The van der Waals surface area contributed by atoms with Crippen molar-refractivity contribution in [2.75, 3.05) is 25.4 Å². The molecule has 0 amide bonds. The molecule has 0 aromatic heterocycles. The van der Waals surface area contributed by atoms with Crippen LogP contribution < -0.4 is 5.73 Å². The van der Waals surface area contributed by atoms with Crippen LogP contribution in [0.4, 0.5) is 5.69 Å². The number of aryl methyl sites for hydroxylation is 1. The molecule has 0 atom stereocenters. The summed E-state index contributed by atoms with van der Waals surface area (Å²) in [4.78, 5) is 0.295. The smallest absolute Gasteiger partial charge is 0.243 e. The van der Waals surface area contributed by atoms with Gasteiger partial charge in [-0.25, -0.2) is 8.42 Å². The van der Waals surface area contributed by atoms with E-state index in [0.29, 0.717) is 29.2 Å². The number of aliphatic hydroxyl groups excluding tert-OH is 1. The predicted octanol–water partition coefficient (Wildman–Crippen LogP) is 0.190. The Balaban J connectivity index is 2.27. The average molecular weight is 256 g/mol. The van der Waals surface area contributed by atoms with Crippen molar-refractivity contribution in [2.45, 2.75) is 11.8 Å². The Morgan fingerprint density at radius 3 is 2.65 bits per heavy atom. The van der Waals surface area contributed by atoms with Gasteiger partial charge in [-0.15, -0.1) is 0 Å². The van der Waals surface area contributed by atoms with Gasteiger partial charge >= 0.3 is 0 Å². The number of nitrogen functional groups attached to an aromatic ring is 1. The van der Waals surface area contributed by atoms with Gasteiger partial charge in [0, 0.05) is 31.3 Å². The molecule has 94 valence electrons. The second-order valence-electron chi connectivity index (χ2n) is 4.40. The summed E-state index contributed by atoms with van der Waals surface area (Å²) < 4.78 is 25.8. The molecule has 0 bridgehead atoms. The number of nitrogens with zero attached hydrogens (tertiary/aromatic N) is 1. The standard InChI is InChI=1S/C11H16N2O3S/c1-8-4-10(12)2-3-11(8)17(15,16)13-5-9(6-13)7-14/h2-4,9,14H,5-7,12H2,1H3. The minimum Gasteiger partial charge on any atom is -0.399 e. The van der Waals surface area contributed by atoms with Crippen LogP contribution in [0.15, 0.2) is 23.1 Å². The van der Waals surface area contributed by atoms with Crippen LogP contribution in [0.25, 0.3) is 0 Å². The first-order valence-corrected chi connectivity index (χ1v) is 6.86. The highest BCUT2D eigenvalue weighted by Gasteiger charge is 2.36. The van der Waals surface area contributed by atoms with Gasteiger partial charge in [0.15, 0.2) is 0 Å². The molecule has 1 fully saturated rings. The lowest BCUT2D eigenvalue weighted by atomic mass is 10.1. The highest BCUT2D eigenvalue weighted by atomic mass is 32.2. The molecule has 0 unspecified atom stereocenters. The summed E-state index contributed by atoms with van der Waals surface area (Å²) in [7, 11) is -3.43. The van der Waals surface area contributed by atoms with E-state index in [4.69, 9.17) is 10.8 Å². The third-order valence-electron chi connectivity index (χ3n) is 3.00. The van der Waals surface area contributed by atoms with E-state index in [1.165, 1.54) is 10.4 Å². The van der Waals surface area contributed by atoms with E-state index in [1.807, 2.05) is 0 Å². The largest absolute Gasteiger partial charge is 0.399 e. The van der Waals surface area contributed by atoms with Gasteiger partial charge in [-0.2, -0.15) is 4.31 Å². The number of aliphatic hydroxyl groups is 1. The highest BCUT2D eigenvalue weighted by Crippen LogP contribution is 2.27. The lowest BCUT2D eigenvalue weighted by molar-refractivity contribution is 0.117. The molecule has 1 aliphatic heterocycles. The van der Waals surface area contributed by atoms with Crippen LogP contribution in [-0.2, 0) is 10.0 Å². The summed E-state index contributed by atoms with van der Waals surface area (Å²) in [6.45, 7) is 2.55. The number of hydrogen-bond donors (Lipinski definition) is 2. The lowest BCUT2D eigenvalue weighted by Gasteiger charge is -2.37. The fourth-order valence-electron chi connectivity index (χ4n) is 1.94. The van der Waals surface area contributed by atoms with Gasteiger partial charge in [-0.05, 0) is 30.7 Å². The Kier molecular flexibility index (Phi) is 3.11. The maximum atomic E-state index is 12.2. The molecule has 1 aromatic rings. The van der Waals surface area contributed by atoms with E-state index >= 15 is 0 Å². The molecule has 3 N–H and O–H groups in total. The molecule has 6 heteroatoms. The Hall–Kier alpha value is -1.11. The van der Waals surface area contributed by atoms with Gasteiger partial charge in [-0.1, -0.05) is 0 Å². The summed E-state index contributed by atoms with van der Waals surface area (Å²) in [6, 6.07) is 4.77. The van der Waals surface area contributed by atoms with Crippen molar-refractivity contribution in [2.24, 2.45) is 5.92 Å². The van der Waals surface area contributed by atoms with Crippen molar-refractivity contribution < 1.29 is 13.5 Å². The van der Waals surface area contributed by atoms with Crippen LogP contribution in [0.3, 0.4) is 0 Å². The molecule has 17 heavy (non-hydrogen) atoms. The molecular formula is C11H16N2O3S. The third kappa shape index (κ3) is 2.15. The molecule has 5 nitrogen and oxygen atoms in total. The molecule has 0 spiro atoms. The maximum absolute atomic E-state index is 12.2. The molecule has 0 saturated carbocycles. The van der Waals surface area contributed by atoms with Gasteiger partial charge < -0.3 is 10.8 Å². The summed E-state index contributed by atoms with van der Waals surface area (Å²) in [5.41, 5.74) is 6.80. The van der Waals surface area contributed by atoms with Crippen molar-refractivity contribution in [1.82, 2.24) is 4.31 Å². The zero-order valence-electron chi connectivity index (χ0n) is 9.63. The van der Waals surface area contributed by atoms with E-state index in [2.05, 4.69) is 0 Å². The number of rotatable bonds is 3. The molecule has 2 rings (SSSR count). The molecular weight excluding hydrogens is 240 g/mol. The highest BCUT2D eigenvalue weighted by molar-refractivity contribution is 7.89. The van der Waals surface area contributed by atoms with Gasteiger partial charge in [0.2, 0.25) is 10.0 Å². The van der Waals surface area contributed by atoms with Crippen LogP contribution >= 0.6 is 0 Å². The van der Waals surface area contributed by atoms with E-state index in [9.17, 15) is 8.42 Å². The van der Waals surface area contributed by atoms with Crippen molar-refractivity contribution in [1.29, 1.82) is 0 Å².